The highest BCUT2D eigenvalue weighted by atomic mass is 16.5. The second-order valence-electron chi connectivity index (χ2n) is 7.31. The molecule has 0 aliphatic carbocycles. The second kappa shape index (κ2) is 8.39. The quantitative estimate of drug-likeness (QED) is 0.715. The Kier molecular flexibility index (Phi) is 5.51. The molecule has 1 fully saturated rings. The van der Waals surface area contributed by atoms with Gasteiger partial charge in [0.15, 0.2) is 0 Å². The third-order valence-corrected chi connectivity index (χ3v) is 5.53. The minimum absolute atomic E-state index is 0.0693. The number of hydrogen-bond acceptors (Lipinski definition) is 3. The third-order valence-electron chi connectivity index (χ3n) is 5.53. The van der Waals surface area contributed by atoms with Crippen molar-refractivity contribution in [3.63, 3.8) is 0 Å². The number of imidazole rings is 1. The summed E-state index contributed by atoms with van der Waals surface area (Å²) in [6, 6.07) is 17.7. The first-order valence-corrected chi connectivity index (χ1v) is 9.90. The van der Waals surface area contributed by atoms with Crippen LogP contribution < -0.4 is 10.1 Å². The van der Waals surface area contributed by atoms with Crippen molar-refractivity contribution < 1.29 is 9.53 Å². The number of carbonyl (C=O) groups excluding carboxylic acids is 1. The van der Waals surface area contributed by atoms with Gasteiger partial charge in [0.25, 0.3) is 0 Å². The molecule has 29 heavy (non-hydrogen) atoms. The summed E-state index contributed by atoms with van der Waals surface area (Å²) in [4.78, 5) is 19.7. The van der Waals surface area contributed by atoms with Crippen LogP contribution in [0.5, 0.6) is 5.75 Å². The summed E-state index contributed by atoms with van der Waals surface area (Å²) in [7, 11) is 3.58. The molecule has 0 radical (unpaired) electrons. The first-order chi connectivity index (χ1) is 14.2. The third kappa shape index (κ3) is 3.97. The molecule has 150 valence electrons. The van der Waals surface area contributed by atoms with Crippen LogP contribution >= 0.6 is 0 Å². The maximum Gasteiger partial charge on any atom is 0.318 e. The fourth-order valence-electron chi connectivity index (χ4n) is 3.99. The number of aryl methyl sites for hydroxylation is 1. The topological polar surface area (TPSA) is 59.4 Å². The molecule has 1 saturated heterocycles. The van der Waals surface area contributed by atoms with Crippen molar-refractivity contribution in [2.24, 2.45) is 7.05 Å². The number of amides is 2. The molecule has 4 rings (SSSR count). The van der Waals surface area contributed by atoms with Gasteiger partial charge in [0.2, 0.25) is 0 Å². The van der Waals surface area contributed by atoms with Gasteiger partial charge in [0.1, 0.15) is 17.6 Å². The molecule has 1 aliphatic rings. The Hall–Kier alpha value is -3.28. The van der Waals surface area contributed by atoms with E-state index in [0.717, 1.165) is 36.5 Å². The second-order valence-corrected chi connectivity index (χ2v) is 7.31. The number of benzene rings is 2. The normalized spacial score (nSPS) is 17.2. The zero-order valence-electron chi connectivity index (χ0n) is 16.8. The van der Waals surface area contributed by atoms with Gasteiger partial charge in [-0.3, -0.25) is 0 Å². The van der Waals surface area contributed by atoms with E-state index in [2.05, 4.69) is 22.4 Å². The largest absolute Gasteiger partial charge is 0.497 e. The number of nitrogens with zero attached hydrogens (tertiary/aromatic N) is 3. The van der Waals surface area contributed by atoms with Crippen molar-refractivity contribution in [1.82, 2.24) is 19.8 Å². The average Bonchev–Trinajstić information content (AvgIpc) is 3.42. The lowest BCUT2D eigenvalue weighted by Gasteiger charge is -2.28. The van der Waals surface area contributed by atoms with Crippen LogP contribution in [0.25, 0.3) is 0 Å². The molecule has 2 heterocycles. The first kappa shape index (κ1) is 19.1. The summed E-state index contributed by atoms with van der Waals surface area (Å²) in [5, 5.41) is 3.22. The Morgan fingerprint density at radius 1 is 1.17 bits per heavy atom. The van der Waals surface area contributed by atoms with Gasteiger partial charge in [0, 0.05) is 26.0 Å². The van der Waals surface area contributed by atoms with Crippen LogP contribution in [0.1, 0.15) is 41.9 Å². The summed E-state index contributed by atoms with van der Waals surface area (Å²) in [6.07, 6.45) is 5.62. The van der Waals surface area contributed by atoms with E-state index in [4.69, 9.17) is 4.74 Å². The van der Waals surface area contributed by atoms with E-state index in [0.29, 0.717) is 0 Å². The van der Waals surface area contributed by atoms with Gasteiger partial charge >= 0.3 is 6.03 Å². The van der Waals surface area contributed by atoms with Gasteiger partial charge in [-0.2, -0.15) is 0 Å². The lowest BCUT2D eigenvalue weighted by molar-refractivity contribution is 0.190. The molecule has 1 N–H and O–H groups in total. The van der Waals surface area contributed by atoms with Crippen molar-refractivity contribution in [2.75, 3.05) is 13.7 Å². The highest BCUT2D eigenvalue weighted by Crippen LogP contribution is 2.32. The molecule has 0 spiro atoms. The van der Waals surface area contributed by atoms with Crippen molar-refractivity contribution in [3.8, 4) is 5.75 Å². The molecule has 6 nitrogen and oxygen atoms in total. The number of nitrogens with one attached hydrogen (secondary N) is 1. The molecule has 1 aromatic heterocycles. The van der Waals surface area contributed by atoms with Gasteiger partial charge in [-0.1, -0.05) is 42.5 Å². The molecule has 0 bridgehead atoms. The molecule has 2 amide bonds. The van der Waals surface area contributed by atoms with E-state index in [1.54, 1.807) is 13.3 Å². The molecular weight excluding hydrogens is 364 g/mol. The predicted molar refractivity (Wildman–Crippen MR) is 112 cm³/mol. The Labute approximate surface area is 171 Å². The first-order valence-electron chi connectivity index (χ1n) is 9.90. The summed E-state index contributed by atoms with van der Waals surface area (Å²) >= 11 is 0. The van der Waals surface area contributed by atoms with E-state index >= 15 is 0 Å². The Bertz CT molecular complexity index is 953. The van der Waals surface area contributed by atoms with Crippen LogP contribution in [0.4, 0.5) is 4.79 Å². The van der Waals surface area contributed by atoms with Crippen LogP contribution in [0.3, 0.4) is 0 Å². The number of aromatic nitrogens is 2. The van der Waals surface area contributed by atoms with Crippen molar-refractivity contribution in [2.45, 2.75) is 24.9 Å². The molecule has 1 aliphatic heterocycles. The Morgan fingerprint density at radius 3 is 2.59 bits per heavy atom. The van der Waals surface area contributed by atoms with E-state index in [1.165, 1.54) is 5.56 Å². The molecular formula is C23H26N4O2. The van der Waals surface area contributed by atoms with Crippen molar-refractivity contribution in [1.29, 1.82) is 0 Å². The van der Waals surface area contributed by atoms with Gasteiger partial charge in [0.05, 0.1) is 13.2 Å². The average molecular weight is 390 g/mol. The minimum Gasteiger partial charge on any atom is -0.497 e. The number of hydrogen-bond donors (Lipinski definition) is 1. The zero-order valence-corrected chi connectivity index (χ0v) is 16.8. The van der Waals surface area contributed by atoms with Gasteiger partial charge in [-0.15, -0.1) is 0 Å². The van der Waals surface area contributed by atoms with Crippen LogP contribution in [-0.2, 0) is 7.05 Å². The Balaban J connectivity index is 1.60. The SMILES string of the molecule is COc1ccc(C(NC(=O)N2CCCC2c2ccccc2)c2nccn2C)cc1. The number of ether oxygens (including phenoxy) is 1. The summed E-state index contributed by atoms with van der Waals surface area (Å²) in [5.74, 6) is 1.57. The standard InChI is InChI=1S/C23H26N4O2/c1-26-16-14-24-22(26)21(18-10-12-19(29-2)13-11-18)25-23(28)27-15-6-9-20(27)17-7-4-3-5-8-17/h3-5,7-8,10-14,16,20-21H,6,9,15H2,1-2H3,(H,25,28). The Morgan fingerprint density at radius 2 is 1.93 bits per heavy atom. The maximum absolute atomic E-state index is 13.3. The van der Waals surface area contributed by atoms with E-state index in [-0.39, 0.29) is 18.1 Å². The monoisotopic (exact) mass is 390 g/mol. The van der Waals surface area contributed by atoms with Gasteiger partial charge < -0.3 is 19.5 Å². The van der Waals surface area contributed by atoms with Crippen LogP contribution in [0.15, 0.2) is 67.0 Å². The molecule has 2 unspecified atom stereocenters. The molecule has 6 heteroatoms. The molecule has 2 atom stereocenters. The summed E-state index contributed by atoms with van der Waals surface area (Å²) in [5.41, 5.74) is 2.14. The highest BCUT2D eigenvalue weighted by molar-refractivity contribution is 5.76. The van der Waals surface area contributed by atoms with E-state index in [1.807, 2.05) is 65.2 Å². The fourth-order valence-corrected chi connectivity index (χ4v) is 3.99. The molecule has 2 aromatic carbocycles. The van der Waals surface area contributed by atoms with E-state index < -0.39 is 0 Å². The van der Waals surface area contributed by atoms with E-state index in [9.17, 15) is 4.79 Å². The summed E-state index contributed by atoms with van der Waals surface area (Å²) < 4.78 is 7.21. The number of likely N-dealkylation sites (tertiary alicyclic amines) is 1. The van der Waals surface area contributed by atoms with Crippen LogP contribution in [-0.4, -0.2) is 34.1 Å². The number of carbonyl (C=O) groups is 1. The van der Waals surface area contributed by atoms with Crippen molar-refractivity contribution in [3.05, 3.63) is 83.9 Å². The number of methoxy groups -OCH3 is 1. The lowest BCUT2D eigenvalue weighted by atomic mass is 10.0. The number of urea groups is 1. The molecule has 3 aromatic rings. The highest BCUT2D eigenvalue weighted by Gasteiger charge is 2.32. The molecule has 0 saturated carbocycles. The van der Waals surface area contributed by atoms with Gasteiger partial charge in [-0.25, -0.2) is 9.78 Å². The number of rotatable bonds is 5. The maximum atomic E-state index is 13.3. The fraction of sp³-hybridized carbons (Fsp3) is 0.304. The van der Waals surface area contributed by atoms with Crippen molar-refractivity contribution >= 4 is 6.03 Å². The zero-order chi connectivity index (χ0) is 20.2. The summed E-state index contributed by atoms with van der Waals surface area (Å²) in [6.45, 7) is 0.751. The predicted octanol–water partition coefficient (Wildman–Crippen LogP) is 4.06. The smallest absolute Gasteiger partial charge is 0.318 e. The van der Waals surface area contributed by atoms with Crippen LogP contribution in [0.2, 0.25) is 0 Å². The van der Waals surface area contributed by atoms with Crippen LogP contribution in [0, 0.1) is 0 Å². The lowest BCUT2D eigenvalue weighted by Crippen LogP contribution is -2.42. The van der Waals surface area contributed by atoms with Gasteiger partial charge in [-0.05, 0) is 36.1 Å². The minimum atomic E-state index is -0.342.